The monoisotopic (exact) mass is 314 g/mol. The molecule has 23 heavy (non-hydrogen) atoms. The molecule has 0 saturated heterocycles. The number of rotatable bonds is 5. The fourth-order valence-corrected chi connectivity index (χ4v) is 1.72. The van der Waals surface area contributed by atoms with E-state index in [1.807, 2.05) is 60.7 Å². The topological polar surface area (TPSA) is 52.6 Å². The van der Waals surface area contributed by atoms with Crippen LogP contribution >= 0.6 is 0 Å². The van der Waals surface area contributed by atoms with Crippen LogP contribution in [0, 0.1) is 0 Å². The first-order valence-electron chi connectivity index (χ1n) is 7.42. The van der Waals surface area contributed by atoms with Gasteiger partial charge in [0.25, 0.3) is 0 Å². The zero-order chi connectivity index (χ0) is 16.9. The molecule has 0 bridgehead atoms. The molecule has 0 aliphatic carbocycles. The van der Waals surface area contributed by atoms with Crippen LogP contribution in [0.15, 0.2) is 60.7 Å². The van der Waals surface area contributed by atoms with E-state index in [1.165, 1.54) is 19.4 Å². The average Bonchev–Trinajstić information content (AvgIpc) is 2.55. The second-order valence-corrected chi connectivity index (χ2v) is 4.84. The molecule has 0 fully saturated rings. The highest BCUT2D eigenvalue weighted by Gasteiger charge is 1.94. The molecule has 0 aliphatic rings. The Balaban J connectivity index is 0.000000231. The van der Waals surface area contributed by atoms with Crippen molar-refractivity contribution in [3.05, 3.63) is 71.8 Å². The largest absolute Gasteiger partial charge is 0.466 e. The van der Waals surface area contributed by atoms with Crippen molar-refractivity contribution in [2.75, 3.05) is 6.61 Å². The summed E-state index contributed by atoms with van der Waals surface area (Å²) in [5, 5.41) is 0. The molecule has 2 aromatic rings. The van der Waals surface area contributed by atoms with Gasteiger partial charge >= 0.3 is 11.9 Å². The lowest BCUT2D eigenvalue weighted by Gasteiger charge is -2.00. The SMILES string of the molecule is CC(=O)OCCc1ccccc1.CC(=O)OCc1ccccc1. The fourth-order valence-electron chi connectivity index (χ4n) is 1.72. The lowest BCUT2D eigenvalue weighted by molar-refractivity contribution is -0.142. The third kappa shape index (κ3) is 9.85. The van der Waals surface area contributed by atoms with E-state index in [0.717, 1.165) is 12.0 Å². The molecule has 0 N–H and O–H groups in total. The molecule has 4 nitrogen and oxygen atoms in total. The molecule has 0 aliphatic heterocycles. The molecule has 0 unspecified atom stereocenters. The lowest BCUT2D eigenvalue weighted by atomic mass is 10.2. The number of hydrogen-bond donors (Lipinski definition) is 0. The number of benzene rings is 2. The summed E-state index contributed by atoms with van der Waals surface area (Å²) in [6.07, 6.45) is 0.792. The molecule has 0 aromatic heterocycles. The molecule has 4 heteroatoms. The van der Waals surface area contributed by atoms with Gasteiger partial charge in [-0.15, -0.1) is 0 Å². The van der Waals surface area contributed by atoms with Gasteiger partial charge in [-0.2, -0.15) is 0 Å². The second-order valence-electron chi connectivity index (χ2n) is 4.84. The first-order chi connectivity index (χ1) is 11.1. The van der Waals surface area contributed by atoms with Gasteiger partial charge in [0.1, 0.15) is 6.61 Å². The molecule has 0 saturated carbocycles. The zero-order valence-corrected chi connectivity index (χ0v) is 13.5. The van der Waals surface area contributed by atoms with Crippen LogP contribution in [-0.4, -0.2) is 18.5 Å². The molecule has 122 valence electrons. The van der Waals surface area contributed by atoms with E-state index >= 15 is 0 Å². The summed E-state index contributed by atoms with van der Waals surface area (Å²) in [5.74, 6) is -0.459. The second kappa shape index (κ2) is 11.0. The smallest absolute Gasteiger partial charge is 0.302 e. The van der Waals surface area contributed by atoms with E-state index in [-0.39, 0.29) is 11.9 Å². The van der Waals surface area contributed by atoms with Crippen molar-refractivity contribution in [2.24, 2.45) is 0 Å². The van der Waals surface area contributed by atoms with Crippen LogP contribution in [0.5, 0.6) is 0 Å². The van der Waals surface area contributed by atoms with Crippen molar-refractivity contribution in [3.63, 3.8) is 0 Å². The maximum atomic E-state index is 10.4. The van der Waals surface area contributed by atoms with E-state index in [0.29, 0.717) is 13.2 Å². The van der Waals surface area contributed by atoms with E-state index < -0.39 is 0 Å². The summed E-state index contributed by atoms with van der Waals surface area (Å²) >= 11 is 0. The van der Waals surface area contributed by atoms with Crippen molar-refractivity contribution in [3.8, 4) is 0 Å². The Morgan fingerprint density at radius 2 is 1.22 bits per heavy atom. The van der Waals surface area contributed by atoms with Crippen LogP contribution in [0.3, 0.4) is 0 Å². The first-order valence-corrected chi connectivity index (χ1v) is 7.42. The van der Waals surface area contributed by atoms with Crippen molar-refractivity contribution in [1.82, 2.24) is 0 Å². The predicted octanol–water partition coefficient (Wildman–Crippen LogP) is 3.54. The Hall–Kier alpha value is -2.62. The molecule has 0 radical (unpaired) electrons. The summed E-state index contributed by atoms with van der Waals surface area (Å²) in [5.41, 5.74) is 2.21. The third-order valence-corrected chi connectivity index (χ3v) is 2.82. The van der Waals surface area contributed by atoms with Gasteiger partial charge in [0, 0.05) is 20.3 Å². The number of carbonyl (C=O) groups is 2. The van der Waals surface area contributed by atoms with Gasteiger partial charge in [-0.3, -0.25) is 9.59 Å². The summed E-state index contributed by atoms with van der Waals surface area (Å²) in [7, 11) is 0. The molecule has 2 aromatic carbocycles. The van der Waals surface area contributed by atoms with Gasteiger partial charge in [-0.25, -0.2) is 0 Å². The highest BCUT2D eigenvalue weighted by atomic mass is 16.5. The highest BCUT2D eigenvalue weighted by Crippen LogP contribution is 2.00. The Bertz CT molecular complexity index is 579. The van der Waals surface area contributed by atoms with Crippen LogP contribution in [0.25, 0.3) is 0 Å². The minimum Gasteiger partial charge on any atom is -0.466 e. The van der Waals surface area contributed by atoms with Crippen LogP contribution in [0.4, 0.5) is 0 Å². The normalized spacial score (nSPS) is 9.30. The van der Waals surface area contributed by atoms with E-state index in [4.69, 9.17) is 9.47 Å². The molecular weight excluding hydrogens is 292 g/mol. The molecular formula is C19H22O4. The Kier molecular flexibility index (Phi) is 8.83. The van der Waals surface area contributed by atoms with Gasteiger partial charge in [0.2, 0.25) is 0 Å². The zero-order valence-electron chi connectivity index (χ0n) is 13.5. The van der Waals surface area contributed by atoms with Crippen molar-refractivity contribution >= 4 is 11.9 Å². The van der Waals surface area contributed by atoms with E-state index in [9.17, 15) is 9.59 Å². The third-order valence-electron chi connectivity index (χ3n) is 2.82. The van der Waals surface area contributed by atoms with Crippen LogP contribution < -0.4 is 0 Å². The molecule has 0 atom stereocenters. The highest BCUT2D eigenvalue weighted by molar-refractivity contribution is 5.66. The number of carbonyl (C=O) groups excluding carboxylic acids is 2. The van der Waals surface area contributed by atoms with Crippen molar-refractivity contribution in [2.45, 2.75) is 26.9 Å². The maximum Gasteiger partial charge on any atom is 0.302 e. The number of hydrogen-bond acceptors (Lipinski definition) is 4. The van der Waals surface area contributed by atoms with E-state index in [2.05, 4.69) is 0 Å². The quantitative estimate of drug-likeness (QED) is 0.792. The van der Waals surface area contributed by atoms with Gasteiger partial charge in [0.15, 0.2) is 0 Å². The summed E-state index contributed by atoms with van der Waals surface area (Å²) in [6, 6.07) is 19.6. The number of ether oxygens (including phenoxy) is 2. The molecule has 0 spiro atoms. The van der Waals surface area contributed by atoms with Crippen LogP contribution in [0.2, 0.25) is 0 Å². The Labute approximate surface area is 137 Å². The standard InChI is InChI=1S/C10H12O2.C9H10O2/c1-9(11)12-8-7-10-5-3-2-4-6-10;1-8(10)11-7-9-5-3-2-4-6-9/h2-6H,7-8H2,1H3;2-6H,7H2,1H3. The van der Waals surface area contributed by atoms with Gasteiger partial charge in [-0.1, -0.05) is 60.7 Å². The maximum absolute atomic E-state index is 10.4. The first kappa shape index (κ1) is 18.4. The van der Waals surface area contributed by atoms with Crippen molar-refractivity contribution in [1.29, 1.82) is 0 Å². The molecule has 0 amide bonds. The predicted molar refractivity (Wildman–Crippen MR) is 88.7 cm³/mol. The Morgan fingerprint density at radius 1 is 0.739 bits per heavy atom. The fraction of sp³-hybridized carbons (Fsp3) is 0.263. The Morgan fingerprint density at radius 3 is 1.70 bits per heavy atom. The van der Waals surface area contributed by atoms with Crippen molar-refractivity contribution < 1.29 is 19.1 Å². The summed E-state index contributed by atoms with van der Waals surface area (Å²) in [6.45, 7) is 3.67. The van der Waals surface area contributed by atoms with Crippen LogP contribution in [-0.2, 0) is 32.1 Å². The summed E-state index contributed by atoms with van der Waals surface area (Å²) in [4.78, 5) is 20.8. The van der Waals surface area contributed by atoms with Crippen LogP contribution in [0.1, 0.15) is 25.0 Å². The minimum atomic E-state index is -0.242. The summed E-state index contributed by atoms with van der Waals surface area (Å²) < 4.78 is 9.60. The lowest BCUT2D eigenvalue weighted by Crippen LogP contribution is -2.02. The minimum absolute atomic E-state index is 0.217. The number of esters is 2. The molecule has 2 rings (SSSR count). The average molecular weight is 314 g/mol. The molecule has 0 heterocycles. The van der Waals surface area contributed by atoms with E-state index in [1.54, 1.807) is 0 Å². The van der Waals surface area contributed by atoms with Gasteiger partial charge in [0.05, 0.1) is 6.61 Å². The van der Waals surface area contributed by atoms with Gasteiger partial charge < -0.3 is 9.47 Å². The van der Waals surface area contributed by atoms with Gasteiger partial charge in [-0.05, 0) is 11.1 Å².